The molecular formula is C22H28N2O3. The second kappa shape index (κ2) is 8.91. The molecule has 1 fully saturated rings. The van der Waals surface area contributed by atoms with E-state index in [-0.39, 0.29) is 11.7 Å². The number of nitrogens with zero attached hydrogens (tertiary/aromatic N) is 2. The third kappa shape index (κ3) is 4.80. The molecule has 0 radical (unpaired) electrons. The van der Waals surface area contributed by atoms with Gasteiger partial charge >= 0.3 is 0 Å². The molecule has 0 aliphatic carbocycles. The second-order valence-corrected chi connectivity index (χ2v) is 6.94. The average molecular weight is 368 g/mol. The number of phenols is 1. The topological polar surface area (TPSA) is 53.0 Å². The van der Waals surface area contributed by atoms with Gasteiger partial charge in [-0.3, -0.25) is 9.69 Å². The molecule has 1 saturated heterocycles. The molecule has 0 atom stereocenters. The first-order valence-corrected chi connectivity index (χ1v) is 9.57. The predicted octanol–water partition coefficient (Wildman–Crippen LogP) is 2.96. The van der Waals surface area contributed by atoms with Crippen molar-refractivity contribution in [2.24, 2.45) is 0 Å². The van der Waals surface area contributed by atoms with Gasteiger partial charge in [0.25, 0.3) is 5.91 Å². The number of aromatic hydroxyl groups is 1. The molecule has 5 heteroatoms. The molecular weight excluding hydrogens is 340 g/mol. The highest BCUT2D eigenvalue weighted by Crippen LogP contribution is 2.21. The van der Waals surface area contributed by atoms with Crippen LogP contribution in [0.15, 0.2) is 42.5 Å². The van der Waals surface area contributed by atoms with E-state index >= 15 is 0 Å². The molecule has 3 rings (SSSR count). The van der Waals surface area contributed by atoms with Crippen LogP contribution >= 0.6 is 0 Å². The molecule has 2 aromatic carbocycles. The Morgan fingerprint density at radius 2 is 1.70 bits per heavy atom. The van der Waals surface area contributed by atoms with E-state index in [4.69, 9.17) is 4.74 Å². The summed E-state index contributed by atoms with van der Waals surface area (Å²) in [6, 6.07) is 13.5. The lowest BCUT2D eigenvalue weighted by atomic mass is 10.1. The van der Waals surface area contributed by atoms with E-state index < -0.39 is 0 Å². The Balaban J connectivity index is 1.51. The van der Waals surface area contributed by atoms with Gasteiger partial charge in [-0.15, -0.1) is 0 Å². The minimum absolute atomic E-state index is 0.0686. The fraction of sp³-hybridized carbons (Fsp3) is 0.409. The molecule has 144 valence electrons. The van der Waals surface area contributed by atoms with E-state index in [0.29, 0.717) is 18.7 Å². The number of carbonyl (C=O) groups is 1. The number of hydrogen-bond acceptors (Lipinski definition) is 4. The summed E-state index contributed by atoms with van der Waals surface area (Å²) < 4.78 is 5.19. The van der Waals surface area contributed by atoms with Crippen molar-refractivity contribution in [3.63, 3.8) is 0 Å². The number of phenolic OH excluding ortho intramolecular Hbond substituents is 1. The predicted molar refractivity (Wildman–Crippen MR) is 107 cm³/mol. The number of rotatable bonds is 6. The SMILES string of the molecule is CCc1ccc(O)c(C(=O)N2CCN(CCc3ccc(OC)cc3)CC2)c1. The summed E-state index contributed by atoms with van der Waals surface area (Å²) in [5, 5.41) is 10.1. The van der Waals surface area contributed by atoms with Crippen molar-refractivity contribution in [2.75, 3.05) is 39.8 Å². The first-order valence-electron chi connectivity index (χ1n) is 9.57. The van der Waals surface area contributed by atoms with E-state index in [2.05, 4.69) is 17.0 Å². The van der Waals surface area contributed by atoms with Crippen LogP contribution in [0.2, 0.25) is 0 Å². The zero-order valence-corrected chi connectivity index (χ0v) is 16.1. The van der Waals surface area contributed by atoms with Gasteiger partial charge in [-0.05, 0) is 48.2 Å². The summed E-state index contributed by atoms with van der Waals surface area (Å²) in [5.41, 5.74) is 2.77. The fourth-order valence-electron chi connectivity index (χ4n) is 3.40. The van der Waals surface area contributed by atoms with Gasteiger partial charge in [-0.1, -0.05) is 25.1 Å². The Morgan fingerprint density at radius 1 is 1.04 bits per heavy atom. The van der Waals surface area contributed by atoms with Crippen molar-refractivity contribution < 1.29 is 14.6 Å². The molecule has 0 aromatic heterocycles. The van der Waals surface area contributed by atoms with Gasteiger partial charge in [0.05, 0.1) is 12.7 Å². The Hall–Kier alpha value is -2.53. The Labute approximate surface area is 161 Å². The number of aryl methyl sites for hydroxylation is 1. The zero-order valence-electron chi connectivity index (χ0n) is 16.1. The van der Waals surface area contributed by atoms with Gasteiger partial charge in [0, 0.05) is 32.7 Å². The standard InChI is InChI=1S/C22H28N2O3/c1-3-17-6-9-21(25)20(16-17)22(26)24-14-12-23(13-15-24)11-10-18-4-7-19(27-2)8-5-18/h4-9,16,25H,3,10-15H2,1-2H3. The molecule has 0 saturated carbocycles. The van der Waals surface area contributed by atoms with Crippen molar-refractivity contribution in [3.05, 3.63) is 59.2 Å². The van der Waals surface area contributed by atoms with Crippen LogP contribution in [0.5, 0.6) is 11.5 Å². The lowest BCUT2D eigenvalue weighted by Crippen LogP contribution is -2.49. The maximum atomic E-state index is 12.8. The van der Waals surface area contributed by atoms with Gasteiger partial charge in [-0.25, -0.2) is 0 Å². The van der Waals surface area contributed by atoms with E-state index in [1.165, 1.54) is 5.56 Å². The minimum Gasteiger partial charge on any atom is -0.507 e. The first kappa shape index (κ1) is 19.2. The molecule has 1 N–H and O–H groups in total. The van der Waals surface area contributed by atoms with E-state index in [9.17, 15) is 9.90 Å². The van der Waals surface area contributed by atoms with Crippen LogP contribution in [0.3, 0.4) is 0 Å². The number of ether oxygens (including phenoxy) is 1. The molecule has 0 unspecified atom stereocenters. The molecule has 1 heterocycles. The zero-order chi connectivity index (χ0) is 19.2. The van der Waals surface area contributed by atoms with Crippen LogP contribution in [0.1, 0.15) is 28.4 Å². The maximum absolute atomic E-state index is 12.8. The molecule has 1 aliphatic heterocycles. The summed E-state index contributed by atoms with van der Waals surface area (Å²) >= 11 is 0. The molecule has 5 nitrogen and oxygen atoms in total. The van der Waals surface area contributed by atoms with Crippen LogP contribution in [-0.4, -0.2) is 60.6 Å². The van der Waals surface area contributed by atoms with E-state index in [1.54, 1.807) is 13.2 Å². The third-order valence-electron chi connectivity index (χ3n) is 5.23. The smallest absolute Gasteiger partial charge is 0.257 e. The number of benzene rings is 2. The van der Waals surface area contributed by atoms with E-state index in [0.717, 1.165) is 43.8 Å². The number of piperazine rings is 1. The monoisotopic (exact) mass is 368 g/mol. The largest absolute Gasteiger partial charge is 0.507 e. The molecule has 0 bridgehead atoms. The summed E-state index contributed by atoms with van der Waals surface area (Å²) in [4.78, 5) is 17.0. The molecule has 0 spiro atoms. The van der Waals surface area contributed by atoms with E-state index in [1.807, 2.05) is 36.1 Å². The molecule has 1 aliphatic rings. The molecule has 1 amide bonds. The minimum atomic E-state index is -0.0717. The fourth-order valence-corrected chi connectivity index (χ4v) is 3.40. The Bertz CT molecular complexity index is 766. The first-order chi connectivity index (χ1) is 13.1. The normalized spacial score (nSPS) is 15.0. The van der Waals surface area contributed by atoms with Crippen LogP contribution in [0, 0.1) is 0 Å². The van der Waals surface area contributed by atoms with Crippen LogP contribution in [-0.2, 0) is 12.8 Å². The van der Waals surface area contributed by atoms with Crippen LogP contribution in [0.25, 0.3) is 0 Å². The summed E-state index contributed by atoms with van der Waals surface area (Å²) in [5.74, 6) is 0.873. The number of methoxy groups -OCH3 is 1. The highest BCUT2D eigenvalue weighted by atomic mass is 16.5. The van der Waals surface area contributed by atoms with Crippen molar-refractivity contribution in [1.29, 1.82) is 0 Å². The second-order valence-electron chi connectivity index (χ2n) is 6.94. The van der Waals surface area contributed by atoms with Gasteiger partial charge in [0.2, 0.25) is 0 Å². The van der Waals surface area contributed by atoms with Crippen LogP contribution in [0.4, 0.5) is 0 Å². The maximum Gasteiger partial charge on any atom is 0.257 e. The van der Waals surface area contributed by atoms with Gasteiger partial charge in [-0.2, -0.15) is 0 Å². The Kier molecular flexibility index (Phi) is 6.35. The van der Waals surface area contributed by atoms with Crippen molar-refractivity contribution >= 4 is 5.91 Å². The van der Waals surface area contributed by atoms with Crippen LogP contribution < -0.4 is 4.74 Å². The Morgan fingerprint density at radius 3 is 2.33 bits per heavy atom. The quantitative estimate of drug-likeness (QED) is 0.852. The summed E-state index contributed by atoms with van der Waals surface area (Å²) in [6.45, 7) is 6.12. The molecule has 27 heavy (non-hydrogen) atoms. The highest BCUT2D eigenvalue weighted by molar-refractivity contribution is 5.97. The summed E-state index contributed by atoms with van der Waals surface area (Å²) in [7, 11) is 1.67. The number of amides is 1. The highest BCUT2D eigenvalue weighted by Gasteiger charge is 2.24. The third-order valence-corrected chi connectivity index (χ3v) is 5.23. The number of carbonyl (C=O) groups excluding carboxylic acids is 1. The van der Waals surface area contributed by atoms with Crippen molar-refractivity contribution in [2.45, 2.75) is 19.8 Å². The van der Waals surface area contributed by atoms with Crippen molar-refractivity contribution in [3.8, 4) is 11.5 Å². The van der Waals surface area contributed by atoms with Crippen molar-refractivity contribution in [1.82, 2.24) is 9.80 Å². The van der Waals surface area contributed by atoms with Gasteiger partial charge in [0.15, 0.2) is 0 Å². The lowest BCUT2D eigenvalue weighted by molar-refractivity contribution is 0.0635. The van der Waals surface area contributed by atoms with Gasteiger partial charge < -0.3 is 14.7 Å². The summed E-state index contributed by atoms with van der Waals surface area (Å²) in [6.07, 6.45) is 1.83. The average Bonchev–Trinajstić information content (AvgIpc) is 2.73. The molecule has 2 aromatic rings. The lowest BCUT2D eigenvalue weighted by Gasteiger charge is -2.35. The number of hydrogen-bond donors (Lipinski definition) is 1. The van der Waals surface area contributed by atoms with Gasteiger partial charge in [0.1, 0.15) is 11.5 Å².